The zero-order chi connectivity index (χ0) is 17.9. The largest absolute Gasteiger partial charge is 0.497 e. The molecule has 0 radical (unpaired) electrons. The maximum Gasteiger partial charge on any atom is 0.138 e. The molecule has 0 saturated carbocycles. The van der Waals surface area contributed by atoms with Gasteiger partial charge in [-0.25, -0.2) is 4.98 Å². The number of nitrogens with one attached hydrogen (secondary N) is 1. The highest BCUT2D eigenvalue weighted by Gasteiger charge is 2.15. The lowest BCUT2D eigenvalue weighted by atomic mass is 10.1. The molecule has 0 aliphatic heterocycles. The van der Waals surface area contributed by atoms with Crippen molar-refractivity contribution < 1.29 is 4.74 Å². The van der Waals surface area contributed by atoms with Crippen LogP contribution in [0.1, 0.15) is 0 Å². The molecule has 4 nitrogen and oxygen atoms in total. The van der Waals surface area contributed by atoms with Crippen LogP contribution in [0.5, 0.6) is 5.75 Å². The molecule has 2 aromatic heterocycles. The maximum atomic E-state index is 6.01. The van der Waals surface area contributed by atoms with Crippen molar-refractivity contribution in [2.75, 3.05) is 7.11 Å². The van der Waals surface area contributed by atoms with Crippen LogP contribution in [0.2, 0.25) is 5.02 Å². The van der Waals surface area contributed by atoms with E-state index in [9.17, 15) is 0 Å². The van der Waals surface area contributed by atoms with Crippen molar-refractivity contribution in [3.05, 3.63) is 78.1 Å². The molecular formula is C21H16ClN3O. The molecule has 0 aliphatic carbocycles. The first kappa shape index (κ1) is 16.4. The summed E-state index contributed by atoms with van der Waals surface area (Å²) in [5, 5.41) is 0.699. The zero-order valence-electron chi connectivity index (χ0n) is 14.1. The number of hydrogen-bond acceptors (Lipinski definition) is 3. The molecular weight excluding hydrogens is 346 g/mol. The third kappa shape index (κ3) is 3.19. The van der Waals surface area contributed by atoms with Crippen LogP contribution in [0.4, 0.5) is 0 Å². The number of aromatic nitrogens is 3. The van der Waals surface area contributed by atoms with Gasteiger partial charge in [0.05, 0.1) is 18.5 Å². The predicted molar refractivity (Wildman–Crippen MR) is 104 cm³/mol. The van der Waals surface area contributed by atoms with E-state index in [1.54, 1.807) is 19.5 Å². The molecule has 4 aromatic rings. The number of methoxy groups -OCH3 is 1. The summed E-state index contributed by atoms with van der Waals surface area (Å²) in [6.45, 7) is 0. The molecule has 0 aliphatic rings. The van der Waals surface area contributed by atoms with Crippen LogP contribution in [0.15, 0.2) is 73.1 Å². The molecule has 2 aromatic carbocycles. The summed E-state index contributed by atoms with van der Waals surface area (Å²) in [7, 11) is 1.66. The highest BCUT2D eigenvalue weighted by molar-refractivity contribution is 6.30. The number of ether oxygens (including phenoxy) is 1. The summed E-state index contributed by atoms with van der Waals surface area (Å²) in [4.78, 5) is 12.4. The molecule has 1 N–H and O–H groups in total. The lowest BCUT2D eigenvalue weighted by Crippen LogP contribution is -1.86. The number of imidazole rings is 1. The van der Waals surface area contributed by atoms with E-state index < -0.39 is 0 Å². The van der Waals surface area contributed by atoms with E-state index in [0.717, 1.165) is 39.7 Å². The molecule has 128 valence electrons. The molecule has 2 heterocycles. The summed E-state index contributed by atoms with van der Waals surface area (Å²) < 4.78 is 5.26. The van der Waals surface area contributed by atoms with Gasteiger partial charge in [0.25, 0.3) is 0 Å². The quantitative estimate of drug-likeness (QED) is 0.524. The Hall–Kier alpha value is -3.11. The normalized spacial score (nSPS) is 10.7. The average Bonchev–Trinajstić information content (AvgIpc) is 3.15. The summed E-state index contributed by atoms with van der Waals surface area (Å²) >= 11 is 6.01. The second kappa shape index (κ2) is 7.02. The Balaban J connectivity index is 1.86. The Kier molecular flexibility index (Phi) is 4.42. The van der Waals surface area contributed by atoms with Gasteiger partial charge in [-0.1, -0.05) is 11.6 Å². The van der Waals surface area contributed by atoms with Gasteiger partial charge in [-0.05, 0) is 60.7 Å². The first-order valence-corrected chi connectivity index (χ1v) is 8.53. The monoisotopic (exact) mass is 361 g/mol. The van der Waals surface area contributed by atoms with Crippen LogP contribution >= 0.6 is 11.6 Å². The van der Waals surface area contributed by atoms with E-state index in [-0.39, 0.29) is 0 Å². The number of aromatic amines is 1. The van der Waals surface area contributed by atoms with E-state index >= 15 is 0 Å². The Labute approximate surface area is 156 Å². The summed E-state index contributed by atoms with van der Waals surface area (Å²) in [5.74, 6) is 1.60. The number of rotatable bonds is 4. The number of nitrogens with zero attached hydrogens (tertiary/aromatic N) is 2. The third-order valence-corrected chi connectivity index (χ3v) is 4.41. The van der Waals surface area contributed by atoms with E-state index in [2.05, 4.69) is 9.97 Å². The lowest BCUT2D eigenvalue weighted by Gasteiger charge is -2.04. The standard InChI is InChI=1S/C21H16ClN3O/c1-26-18-8-4-14(5-9-18)19-20(15-10-12-23-13-11-15)25-21(24-19)16-2-6-17(22)7-3-16/h2-13H,1H3,(H,24,25). The molecule has 0 bridgehead atoms. The van der Waals surface area contributed by atoms with Crippen molar-refractivity contribution in [1.29, 1.82) is 0 Å². The smallest absolute Gasteiger partial charge is 0.138 e. The van der Waals surface area contributed by atoms with E-state index in [1.807, 2.05) is 60.7 Å². The minimum Gasteiger partial charge on any atom is -0.497 e. The van der Waals surface area contributed by atoms with E-state index in [1.165, 1.54) is 0 Å². The second-order valence-electron chi connectivity index (χ2n) is 5.78. The predicted octanol–water partition coefficient (Wildman–Crippen LogP) is 5.47. The Morgan fingerprint density at radius 2 is 1.46 bits per heavy atom. The molecule has 0 atom stereocenters. The van der Waals surface area contributed by atoms with Gasteiger partial charge in [-0.2, -0.15) is 0 Å². The fourth-order valence-corrected chi connectivity index (χ4v) is 2.93. The summed E-state index contributed by atoms with van der Waals surface area (Å²) in [6, 6.07) is 19.4. The molecule has 0 fully saturated rings. The van der Waals surface area contributed by atoms with Crippen LogP contribution < -0.4 is 4.74 Å². The fourth-order valence-electron chi connectivity index (χ4n) is 2.80. The van der Waals surface area contributed by atoms with Crippen molar-refractivity contribution in [3.63, 3.8) is 0 Å². The Morgan fingerprint density at radius 3 is 2.12 bits per heavy atom. The number of H-pyrrole nitrogens is 1. The average molecular weight is 362 g/mol. The van der Waals surface area contributed by atoms with Gasteiger partial charge in [-0.15, -0.1) is 0 Å². The number of pyridine rings is 1. The minimum absolute atomic E-state index is 0.699. The number of benzene rings is 2. The minimum atomic E-state index is 0.699. The second-order valence-corrected chi connectivity index (χ2v) is 6.22. The third-order valence-electron chi connectivity index (χ3n) is 4.15. The van der Waals surface area contributed by atoms with Gasteiger partial charge < -0.3 is 9.72 Å². The van der Waals surface area contributed by atoms with Gasteiger partial charge >= 0.3 is 0 Å². The van der Waals surface area contributed by atoms with E-state index in [0.29, 0.717) is 5.02 Å². The summed E-state index contributed by atoms with van der Waals surface area (Å²) in [6.07, 6.45) is 3.55. The van der Waals surface area contributed by atoms with Gasteiger partial charge in [0.15, 0.2) is 0 Å². The molecule has 0 spiro atoms. The molecule has 0 amide bonds. The zero-order valence-corrected chi connectivity index (χ0v) is 14.9. The van der Waals surface area contributed by atoms with Crippen molar-refractivity contribution in [2.24, 2.45) is 0 Å². The van der Waals surface area contributed by atoms with Crippen LogP contribution in [-0.4, -0.2) is 22.1 Å². The van der Waals surface area contributed by atoms with Crippen LogP contribution in [-0.2, 0) is 0 Å². The van der Waals surface area contributed by atoms with Crippen LogP contribution in [0, 0.1) is 0 Å². The van der Waals surface area contributed by atoms with Crippen molar-refractivity contribution in [3.8, 4) is 39.7 Å². The van der Waals surface area contributed by atoms with Gasteiger partial charge in [0, 0.05) is 34.1 Å². The SMILES string of the molecule is COc1ccc(-c2nc(-c3ccc(Cl)cc3)[nH]c2-c2ccncc2)cc1. The van der Waals surface area contributed by atoms with Crippen LogP contribution in [0.25, 0.3) is 33.9 Å². The topological polar surface area (TPSA) is 50.8 Å². The molecule has 4 rings (SSSR count). The molecule has 0 saturated heterocycles. The lowest BCUT2D eigenvalue weighted by molar-refractivity contribution is 0.415. The first-order chi connectivity index (χ1) is 12.7. The number of hydrogen-bond donors (Lipinski definition) is 1. The van der Waals surface area contributed by atoms with Gasteiger partial charge in [0.1, 0.15) is 11.6 Å². The van der Waals surface area contributed by atoms with Gasteiger partial charge in [0.2, 0.25) is 0 Å². The number of halogens is 1. The van der Waals surface area contributed by atoms with Crippen LogP contribution in [0.3, 0.4) is 0 Å². The molecule has 26 heavy (non-hydrogen) atoms. The maximum absolute atomic E-state index is 6.01. The van der Waals surface area contributed by atoms with Gasteiger partial charge in [-0.3, -0.25) is 4.98 Å². The van der Waals surface area contributed by atoms with Crippen molar-refractivity contribution in [1.82, 2.24) is 15.0 Å². The fraction of sp³-hybridized carbons (Fsp3) is 0.0476. The first-order valence-electron chi connectivity index (χ1n) is 8.15. The highest BCUT2D eigenvalue weighted by Crippen LogP contribution is 2.33. The highest BCUT2D eigenvalue weighted by atomic mass is 35.5. The molecule has 0 unspecified atom stereocenters. The van der Waals surface area contributed by atoms with E-state index in [4.69, 9.17) is 21.3 Å². The Bertz CT molecular complexity index is 1010. The van der Waals surface area contributed by atoms with Crippen molar-refractivity contribution >= 4 is 11.6 Å². The van der Waals surface area contributed by atoms with Crippen molar-refractivity contribution in [2.45, 2.75) is 0 Å². The summed E-state index contributed by atoms with van der Waals surface area (Å²) in [5.41, 5.74) is 4.84. The Morgan fingerprint density at radius 1 is 0.808 bits per heavy atom. The molecule has 5 heteroatoms.